The molecule has 3 rings (SSSR count). The van der Waals surface area contributed by atoms with Crippen molar-refractivity contribution >= 4 is 0 Å². The molecule has 0 amide bonds. The Morgan fingerprint density at radius 1 is 0.731 bits per heavy atom. The van der Waals surface area contributed by atoms with Crippen LogP contribution in [0.15, 0.2) is 48.5 Å². The first kappa shape index (κ1) is 17.9. The van der Waals surface area contributed by atoms with Gasteiger partial charge in [0.15, 0.2) is 0 Å². The van der Waals surface area contributed by atoms with Crippen LogP contribution in [0, 0.1) is 6.92 Å². The van der Waals surface area contributed by atoms with Crippen molar-refractivity contribution in [3.8, 4) is 34.0 Å². The standard InChI is InChI=1S/C21H23N3O2/c1-4-14-26-19-12-8-17(9-13-19)21-20(22-15(3)23-24-21)16-6-10-18(11-7-16)25-5-2/h6-13H,4-5,14H2,1-3H3. The Labute approximate surface area is 154 Å². The zero-order valence-electron chi connectivity index (χ0n) is 15.4. The normalized spacial score (nSPS) is 10.6. The maximum Gasteiger partial charge on any atom is 0.148 e. The predicted molar refractivity (Wildman–Crippen MR) is 102 cm³/mol. The van der Waals surface area contributed by atoms with E-state index >= 15 is 0 Å². The summed E-state index contributed by atoms with van der Waals surface area (Å²) in [6.07, 6.45) is 0.983. The average molecular weight is 349 g/mol. The summed E-state index contributed by atoms with van der Waals surface area (Å²) >= 11 is 0. The number of aryl methyl sites for hydroxylation is 1. The highest BCUT2D eigenvalue weighted by Gasteiger charge is 2.13. The van der Waals surface area contributed by atoms with Crippen molar-refractivity contribution in [1.29, 1.82) is 0 Å². The van der Waals surface area contributed by atoms with Gasteiger partial charge in [-0.15, -0.1) is 10.2 Å². The number of ether oxygens (including phenoxy) is 2. The topological polar surface area (TPSA) is 57.1 Å². The number of hydrogen-bond donors (Lipinski definition) is 0. The smallest absolute Gasteiger partial charge is 0.148 e. The molecule has 0 bridgehead atoms. The fourth-order valence-electron chi connectivity index (χ4n) is 2.61. The van der Waals surface area contributed by atoms with E-state index in [4.69, 9.17) is 9.47 Å². The molecule has 0 radical (unpaired) electrons. The van der Waals surface area contributed by atoms with E-state index in [0.29, 0.717) is 19.0 Å². The van der Waals surface area contributed by atoms with Gasteiger partial charge in [-0.2, -0.15) is 0 Å². The van der Waals surface area contributed by atoms with Gasteiger partial charge < -0.3 is 9.47 Å². The van der Waals surface area contributed by atoms with Gasteiger partial charge in [0.2, 0.25) is 0 Å². The monoisotopic (exact) mass is 349 g/mol. The minimum atomic E-state index is 0.639. The van der Waals surface area contributed by atoms with E-state index in [0.717, 1.165) is 40.4 Å². The van der Waals surface area contributed by atoms with Gasteiger partial charge in [0.1, 0.15) is 28.7 Å². The molecule has 0 atom stereocenters. The van der Waals surface area contributed by atoms with Crippen LogP contribution >= 0.6 is 0 Å². The van der Waals surface area contributed by atoms with Crippen LogP contribution in [0.4, 0.5) is 0 Å². The summed E-state index contributed by atoms with van der Waals surface area (Å²) in [5, 5.41) is 8.53. The first-order valence-electron chi connectivity index (χ1n) is 8.89. The van der Waals surface area contributed by atoms with E-state index < -0.39 is 0 Å². The molecule has 26 heavy (non-hydrogen) atoms. The lowest BCUT2D eigenvalue weighted by Crippen LogP contribution is -2.00. The van der Waals surface area contributed by atoms with Crippen molar-refractivity contribution in [2.75, 3.05) is 13.2 Å². The maximum atomic E-state index is 5.65. The van der Waals surface area contributed by atoms with Crippen molar-refractivity contribution in [3.05, 3.63) is 54.4 Å². The molecule has 5 heteroatoms. The highest BCUT2D eigenvalue weighted by Crippen LogP contribution is 2.30. The van der Waals surface area contributed by atoms with Crippen LogP contribution < -0.4 is 9.47 Å². The third-order valence-electron chi connectivity index (χ3n) is 3.83. The lowest BCUT2D eigenvalue weighted by molar-refractivity contribution is 0.317. The van der Waals surface area contributed by atoms with Gasteiger partial charge in [-0.1, -0.05) is 6.92 Å². The maximum absolute atomic E-state index is 5.65. The molecule has 0 saturated carbocycles. The molecular weight excluding hydrogens is 326 g/mol. The summed E-state index contributed by atoms with van der Waals surface area (Å²) in [4.78, 5) is 4.62. The van der Waals surface area contributed by atoms with Crippen LogP contribution in [0.3, 0.4) is 0 Å². The van der Waals surface area contributed by atoms with Gasteiger partial charge >= 0.3 is 0 Å². The number of hydrogen-bond acceptors (Lipinski definition) is 5. The van der Waals surface area contributed by atoms with Crippen LogP contribution in [0.25, 0.3) is 22.5 Å². The summed E-state index contributed by atoms with van der Waals surface area (Å²) in [5.74, 6) is 2.33. The van der Waals surface area contributed by atoms with Crippen molar-refractivity contribution in [2.45, 2.75) is 27.2 Å². The molecule has 0 N–H and O–H groups in total. The second-order valence-electron chi connectivity index (χ2n) is 5.89. The molecule has 0 unspecified atom stereocenters. The van der Waals surface area contributed by atoms with Crippen LogP contribution in [-0.2, 0) is 0 Å². The van der Waals surface area contributed by atoms with Crippen LogP contribution in [0.1, 0.15) is 26.1 Å². The predicted octanol–water partition coefficient (Wildman–Crippen LogP) is 4.70. The SMILES string of the molecule is CCCOc1ccc(-c2nnc(C)nc2-c2ccc(OCC)cc2)cc1. The van der Waals surface area contributed by atoms with Crippen molar-refractivity contribution in [2.24, 2.45) is 0 Å². The minimum Gasteiger partial charge on any atom is -0.494 e. The van der Waals surface area contributed by atoms with E-state index in [1.165, 1.54) is 0 Å². The van der Waals surface area contributed by atoms with Crippen LogP contribution in [-0.4, -0.2) is 28.4 Å². The van der Waals surface area contributed by atoms with Gasteiger partial charge in [0.05, 0.1) is 13.2 Å². The molecule has 1 aromatic heterocycles. The Kier molecular flexibility index (Phi) is 5.79. The highest BCUT2D eigenvalue weighted by molar-refractivity contribution is 5.77. The van der Waals surface area contributed by atoms with E-state index in [1.54, 1.807) is 0 Å². The van der Waals surface area contributed by atoms with Crippen molar-refractivity contribution < 1.29 is 9.47 Å². The molecular formula is C21H23N3O2. The summed E-state index contributed by atoms with van der Waals surface area (Å²) < 4.78 is 11.2. The van der Waals surface area contributed by atoms with E-state index in [-0.39, 0.29) is 0 Å². The third-order valence-corrected chi connectivity index (χ3v) is 3.83. The van der Waals surface area contributed by atoms with Crippen molar-refractivity contribution in [3.63, 3.8) is 0 Å². The zero-order valence-corrected chi connectivity index (χ0v) is 15.4. The average Bonchev–Trinajstić information content (AvgIpc) is 2.68. The van der Waals surface area contributed by atoms with E-state index in [1.807, 2.05) is 62.4 Å². The van der Waals surface area contributed by atoms with Gasteiger partial charge in [0, 0.05) is 11.1 Å². The molecule has 1 heterocycles. The Bertz CT molecular complexity index is 846. The summed E-state index contributed by atoms with van der Waals surface area (Å²) in [5.41, 5.74) is 3.50. The number of benzene rings is 2. The second kappa shape index (κ2) is 8.43. The van der Waals surface area contributed by atoms with Gasteiger partial charge in [-0.05, 0) is 68.8 Å². The number of nitrogens with zero attached hydrogens (tertiary/aromatic N) is 3. The third kappa shape index (κ3) is 4.17. The second-order valence-corrected chi connectivity index (χ2v) is 5.89. The Morgan fingerprint density at radius 2 is 1.31 bits per heavy atom. The van der Waals surface area contributed by atoms with Gasteiger partial charge in [-0.3, -0.25) is 0 Å². The minimum absolute atomic E-state index is 0.639. The van der Waals surface area contributed by atoms with Gasteiger partial charge in [0.25, 0.3) is 0 Å². The molecule has 0 aliphatic heterocycles. The molecule has 134 valence electrons. The zero-order chi connectivity index (χ0) is 18.4. The quantitative estimate of drug-likeness (QED) is 0.619. The Morgan fingerprint density at radius 3 is 1.88 bits per heavy atom. The molecule has 2 aromatic carbocycles. The first-order chi connectivity index (χ1) is 12.7. The molecule has 3 aromatic rings. The van der Waals surface area contributed by atoms with Crippen LogP contribution in [0.2, 0.25) is 0 Å². The number of aromatic nitrogens is 3. The lowest BCUT2D eigenvalue weighted by atomic mass is 10.0. The Balaban J connectivity index is 1.95. The molecule has 0 fully saturated rings. The molecule has 0 saturated heterocycles. The van der Waals surface area contributed by atoms with Crippen molar-refractivity contribution in [1.82, 2.24) is 15.2 Å². The number of rotatable bonds is 7. The summed E-state index contributed by atoms with van der Waals surface area (Å²) in [7, 11) is 0. The fraction of sp³-hybridized carbons (Fsp3) is 0.286. The summed E-state index contributed by atoms with van der Waals surface area (Å²) in [6, 6.07) is 15.8. The first-order valence-corrected chi connectivity index (χ1v) is 8.89. The molecule has 0 aliphatic rings. The molecule has 5 nitrogen and oxygen atoms in total. The lowest BCUT2D eigenvalue weighted by Gasteiger charge is -2.10. The molecule has 0 spiro atoms. The highest BCUT2D eigenvalue weighted by atomic mass is 16.5. The molecule has 0 aliphatic carbocycles. The van der Waals surface area contributed by atoms with E-state index in [2.05, 4.69) is 22.1 Å². The van der Waals surface area contributed by atoms with Crippen LogP contribution in [0.5, 0.6) is 11.5 Å². The summed E-state index contributed by atoms with van der Waals surface area (Å²) in [6.45, 7) is 7.26. The largest absolute Gasteiger partial charge is 0.494 e. The fourth-order valence-corrected chi connectivity index (χ4v) is 2.61. The van der Waals surface area contributed by atoms with E-state index in [9.17, 15) is 0 Å². The van der Waals surface area contributed by atoms with Gasteiger partial charge in [-0.25, -0.2) is 4.98 Å². The Hall–Kier alpha value is -2.95.